The van der Waals surface area contributed by atoms with Gasteiger partial charge in [0.25, 0.3) is 10.0 Å². The van der Waals surface area contributed by atoms with E-state index in [0.717, 1.165) is 0 Å². The van der Waals surface area contributed by atoms with Crippen molar-refractivity contribution in [2.75, 3.05) is 21.3 Å². The number of rotatable bonds is 7. The number of aromatic hydroxyl groups is 1. The first kappa shape index (κ1) is 18.4. The molecule has 0 radical (unpaired) electrons. The van der Waals surface area contributed by atoms with Crippen molar-refractivity contribution in [3.05, 3.63) is 42.0 Å². The maximum Gasteiger partial charge on any atom is 0.280 e. The smallest absolute Gasteiger partial charge is 0.280 e. The highest BCUT2D eigenvalue weighted by Crippen LogP contribution is 2.28. The molecule has 0 saturated heterocycles. The number of benzene rings is 2. The van der Waals surface area contributed by atoms with Crippen LogP contribution in [0.1, 0.15) is 5.56 Å². The van der Waals surface area contributed by atoms with E-state index in [-0.39, 0.29) is 16.4 Å². The molecule has 2 rings (SSSR count). The van der Waals surface area contributed by atoms with Gasteiger partial charge in [-0.05, 0) is 35.9 Å². The van der Waals surface area contributed by atoms with Crippen molar-refractivity contribution in [1.29, 1.82) is 0 Å². The van der Waals surface area contributed by atoms with Crippen molar-refractivity contribution in [2.45, 2.75) is 4.90 Å². The number of nitrogens with one attached hydrogen (secondary N) is 1. The lowest BCUT2D eigenvalue weighted by Gasteiger charge is -2.10. The monoisotopic (exact) mass is 366 g/mol. The van der Waals surface area contributed by atoms with E-state index >= 15 is 0 Å². The fraction of sp³-hybridized carbons (Fsp3) is 0.188. The highest BCUT2D eigenvalue weighted by Gasteiger charge is 2.20. The predicted molar refractivity (Wildman–Crippen MR) is 92.1 cm³/mol. The summed E-state index contributed by atoms with van der Waals surface area (Å²) in [6, 6.07) is 8.94. The number of nitrogens with zero attached hydrogens (tertiary/aromatic N) is 1. The molecule has 0 amide bonds. The molecule has 0 spiro atoms. The van der Waals surface area contributed by atoms with Crippen LogP contribution in [0, 0.1) is 0 Å². The van der Waals surface area contributed by atoms with Crippen molar-refractivity contribution < 1.29 is 27.7 Å². The fourth-order valence-corrected chi connectivity index (χ4v) is 2.98. The molecule has 0 aliphatic carbocycles. The normalized spacial score (nSPS) is 11.3. The maximum absolute atomic E-state index is 12.4. The largest absolute Gasteiger partial charge is 0.504 e. The summed E-state index contributed by atoms with van der Waals surface area (Å²) in [5.41, 5.74) is 0.485. The molecule has 0 bridgehead atoms. The molecule has 134 valence electrons. The van der Waals surface area contributed by atoms with E-state index < -0.39 is 10.0 Å². The van der Waals surface area contributed by atoms with Crippen LogP contribution >= 0.6 is 0 Å². The van der Waals surface area contributed by atoms with Gasteiger partial charge in [-0.2, -0.15) is 18.4 Å². The first-order valence-electron chi connectivity index (χ1n) is 7.05. The Kier molecular flexibility index (Phi) is 5.71. The van der Waals surface area contributed by atoms with Gasteiger partial charge in [-0.1, -0.05) is 0 Å². The van der Waals surface area contributed by atoms with Crippen LogP contribution in [0.15, 0.2) is 46.4 Å². The standard InChI is InChI=1S/C16H18N2O6S/c1-22-12-5-7-15(24-3)16(9-12)25(20,21)18-17-10-11-4-6-14(23-2)13(19)8-11/h4-10,18-19H,1-3H3/b17-10+. The molecular weight excluding hydrogens is 348 g/mol. The first-order valence-corrected chi connectivity index (χ1v) is 8.53. The summed E-state index contributed by atoms with van der Waals surface area (Å²) >= 11 is 0. The summed E-state index contributed by atoms with van der Waals surface area (Å²) in [7, 11) is 0.256. The van der Waals surface area contributed by atoms with Crippen molar-refractivity contribution in [3.63, 3.8) is 0 Å². The molecule has 0 atom stereocenters. The SMILES string of the molecule is COc1ccc(OC)c(S(=O)(=O)N/N=C/c2ccc(OC)c(O)c2)c1. The number of methoxy groups -OCH3 is 3. The lowest BCUT2D eigenvalue weighted by Crippen LogP contribution is -2.19. The third kappa shape index (κ3) is 4.32. The van der Waals surface area contributed by atoms with E-state index in [1.165, 1.54) is 51.8 Å². The van der Waals surface area contributed by atoms with E-state index in [2.05, 4.69) is 9.93 Å². The van der Waals surface area contributed by atoms with E-state index in [0.29, 0.717) is 17.1 Å². The average Bonchev–Trinajstić information content (AvgIpc) is 2.61. The minimum atomic E-state index is -3.97. The van der Waals surface area contributed by atoms with Gasteiger partial charge in [-0.25, -0.2) is 0 Å². The number of hydrogen-bond donors (Lipinski definition) is 2. The van der Waals surface area contributed by atoms with Crippen LogP contribution in [0.5, 0.6) is 23.0 Å². The van der Waals surface area contributed by atoms with Crippen molar-refractivity contribution in [1.82, 2.24) is 4.83 Å². The Bertz CT molecular complexity index is 880. The van der Waals surface area contributed by atoms with Gasteiger partial charge in [0.05, 0.1) is 27.5 Å². The Morgan fingerprint density at radius 2 is 1.68 bits per heavy atom. The van der Waals surface area contributed by atoms with Gasteiger partial charge >= 0.3 is 0 Å². The summed E-state index contributed by atoms with van der Waals surface area (Å²) < 4.78 is 39.8. The molecule has 0 saturated carbocycles. The van der Waals surface area contributed by atoms with Crippen LogP contribution in [0.4, 0.5) is 0 Å². The van der Waals surface area contributed by atoms with Crippen molar-refractivity contribution in [2.24, 2.45) is 5.10 Å². The third-order valence-corrected chi connectivity index (χ3v) is 4.49. The van der Waals surface area contributed by atoms with E-state index in [1.807, 2.05) is 0 Å². The van der Waals surface area contributed by atoms with Crippen LogP contribution in [-0.4, -0.2) is 41.1 Å². The van der Waals surface area contributed by atoms with Crippen LogP contribution < -0.4 is 19.0 Å². The molecule has 25 heavy (non-hydrogen) atoms. The molecule has 8 nitrogen and oxygen atoms in total. The Balaban J connectivity index is 2.23. The van der Waals surface area contributed by atoms with Gasteiger partial charge in [0.1, 0.15) is 16.4 Å². The molecule has 0 unspecified atom stereocenters. The molecule has 0 fully saturated rings. The number of ether oxygens (including phenoxy) is 3. The Morgan fingerprint density at radius 1 is 1.00 bits per heavy atom. The zero-order chi connectivity index (χ0) is 18.4. The summed E-state index contributed by atoms with van der Waals surface area (Å²) in [4.78, 5) is 1.98. The zero-order valence-corrected chi connectivity index (χ0v) is 14.7. The minimum Gasteiger partial charge on any atom is -0.504 e. The molecule has 0 heterocycles. The van der Waals surface area contributed by atoms with Gasteiger partial charge < -0.3 is 19.3 Å². The average molecular weight is 366 g/mol. The Morgan fingerprint density at radius 3 is 2.28 bits per heavy atom. The number of hydrogen-bond acceptors (Lipinski definition) is 7. The van der Waals surface area contributed by atoms with Crippen LogP contribution in [0.25, 0.3) is 0 Å². The molecule has 2 aromatic rings. The van der Waals surface area contributed by atoms with Gasteiger partial charge in [0.2, 0.25) is 0 Å². The van der Waals surface area contributed by atoms with Crippen LogP contribution in [-0.2, 0) is 10.0 Å². The van der Waals surface area contributed by atoms with Gasteiger partial charge in [-0.15, -0.1) is 0 Å². The second kappa shape index (κ2) is 7.75. The Labute approximate surface area is 145 Å². The van der Waals surface area contributed by atoms with Gasteiger partial charge in [0, 0.05) is 6.07 Å². The summed E-state index contributed by atoms with van der Waals surface area (Å²) in [6.45, 7) is 0. The third-order valence-electron chi connectivity index (χ3n) is 3.25. The number of phenols is 1. The Hall–Kier alpha value is -2.94. The predicted octanol–water partition coefficient (Wildman–Crippen LogP) is 1.73. The zero-order valence-electron chi connectivity index (χ0n) is 13.9. The van der Waals surface area contributed by atoms with Crippen molar-refractivity contribution >= 4 is 16.2 Å². The second-order valence-corrected chi connectivity index (χ2v) is 6.43. The molecule has 2 aromatic carbocycles. The molecule has 0 aromatic heterocycles. The van der Waals surface area contributed by atoms with Crippen molar-refractivity contribution in [3.8, 4) is 23.0 Å². The highest BCUT2D eigenvalue weighted by atomic mass is 32.2. The minimum absolute atomic E-state index is 0.0798. The second-order valence-electron chi connectivity index (χ2n) is 4.80. The lowest BCUT2D eigenvalue weighted by molar-refractivity contribution is 0.373. The molecular formula is C16H18N2O6S. The van der Waals surface area contributed by atoms with Gasteiger partial charge in [-0.3, -0.25) is 0 Å². The van der Waals surface area contributed by atoms with Gasteiger partial charge in [0.15, 0.2) is 11.5 Å². The van der Waals surface area contributed by atoms with E-state index in [1.54, 1.807) is 12.1 Å². The number of phenolic OH excluding ortho intramolecular Hbond substituents is 1. The summed E-state index contributed by atoms with van der Waals surface area (Å²) in [6.07, 6.45) is 1.25. The van der Waals surface area contributed by atoms with Crippen LogP contribution in [0.3, 0.4) is 0 Å². The maximum atomic E-state index is 12.4. The molecule has 2 N–H and O–H groups in total. The molecule has 9 heteroatoms. The fourth-order valence-electron chi connectivity index (χ4n) is 2.00. The molecule has 0 aliphatic rings. The van der Waals surface area contributed by atoms with Crippen LogP contribution in [0.2, 0.25) is 0 Å². The lowest BCUT2D eigenvalue weighted by atomic mass is 10.2. The topological polar surface area (TPSA) is 106 Å². The van der Waals surface area contributed by atoms with E-state index in [9.17, 15) is 13.5 Å². The highest BCUT2D eigenvalue weighted by molar-refractivity contribution is 7.89. The number of hydrazone groups is 1. The van der Waals surface area contributed by atoms with E-state index in [4.69, 9.17) is 14.2 Å². The number of sulfonamides is 1. The molecule has 0 aliphatic heterocycles. The summed E-state index contributed by atoms with van der Waals surface area (Å²) in [5.74, 6) is 0.749. The quantitative estimate of drug-likeness (QED) is 0.571. The summed E-state index contributed by atoms with van der Waals surface area (Å²) in [5, 5.41) is 13.4. The first-order chi connectivity index (χ1) is 11.9.